The molecule has 1 aliphatic heterocycles. The summed E-state index contributed by atoms with van der Waals surface area (Å²) in [5, 5.41) is 11.0. The third-order valence-corrected chi connectivity index (χ3v) is 2.54. The molecule has 1 heterocycles. The third-order valence-electron chi connectivity index (χ3n) is 2.54. The Labute approximate surface area is 72.1 Å². The van der Waals surface area contributed by atoms with Crippen molar-refractivity contribution in [2.24, 2.45) is 0 Å². The van der Waals surface area contributed by atoms with Crippen molar-refractivity contribution in [3.8, 4) is 0 Å². The molecule has 0 aromatic heterocycles. The fourth-order valence-corrected chi connectivity index (χ4v) is 1.41. The van der Waals surface area contributed by atoms with E-state index in [2.05, 4.69) is 0 Å². The van der Waals surface area contributed by atoms with Crippen LogP contribution in [-0.2, 0) is 9.63 Å². The molecule has 0 aromatic rings. The Kier molecular flexibility index (Phi) is 2.39. The maximum atomic E-state index is 11.2. The molecule has 0 bridgehead atoms. The highest BCUT2D eigenvalue weighted by Crippen LogP contribution is 2.27. The predicted molar refractivity (Wildman–Crippen MR) is 43.2 cm³/mol. The lowest BCUT2D eigenvalue weighted by atomic mass is 9.88. The molecule has 0 aromatic carbocycles. The highest BCUT2D eigenvalue weighted by atomic mass is 16.7. The number of hydrogen-bond donors (Lipinski definition) is 1. The number of hydrogen-bond acceptors (Lipinski definition) is 3. The minimum atomic E-state index is -0.829. The predicted octanol–water partition coefficient (Wildman–Crippen LogP) is 0.310. The summed E-state index contributed by atoms with van der Waals surface area (Å²) in [6.45, 7) is 3.50. The van der Waals surface area contributed by atoms with Crippen LogP contribution in [0.25, 0.3) is 0 Å². The Balaban J connectivity index is 2.77. The van der Waals surface area contributed by atoms with Gasteiger partial charge in [0.05, 0.1) is 18.8 Å². The Morgan fingerprint density at radius 1 is 1.75 bits per heavy atom. The average Bonchev–Trinajstić information content (AvgIpc) is 2.00. The van der Waals surface area contributed by atoms with Gasteiger partial charge in [0.25, 0.3) is 0 Å². The summed E-state index contributed by atoms with van der Waals surface area (Å²) in [4.78, 5) is 16.1. The zero-order valence-corrected chi connectivity index (χ0v) is 7.70. The van der Waals surface area contributed by atoms with E-state index >= 15 is 0 Å². The Morgan fingerprint density at radius 2 is 2.33 bits per heavy atom. The Morgan fingerprint density at radius 3 is 2.75 bits per heavy atom. The van der Waals surface area contributed by atoms with Crippen LogP contribution in [-0.4, -0.2) is 34.8 Å². The molecule has 1 aliphatic rings. The van der Waals surface area contributed by atoms with E-state index in [1.165, 1.54) is 12.2 Å². The molecular weight excluding hydrogens is 158 g/mol. The van der Waals surface area contributed by atoms with Crippen molar-refractivity contribution in [3.63, 3.8) is 0 Å². The van der Waals surface area contributed by atoms with E-state index in [4.69, 9.17) is 4.84 Å². The van der Waals surface area contributed by atoms with Gasteiger partial charge < -0.3 is 5.11 Å². The van der Waals surface area contributed by atoms with E-state index < -0.39 is 5.60 Å². The van der Waals surface area contributed by atoms with Crippen molar-refractivity contribution in [2.75, 3.05) is 7.11 Å². The smallest absolute Gasteiger partial charge is 0.246 e. The van der Waals surface area contributed by atoms with Gasteiger partial charge >= 0.3 is 0 Å². The first-order valence-corrected chi connectivity index (χ1v) is 4.07. The molecule has 0 saturated carbocycles. The normalized spacial score (nSPS) is 37.2. The zero-order chi connectivity index (χ0) is 9.35. The number of rotatable bonds is 1. The standard InChI is InChI=1S/C8H15NO3/c1-6-8(2,11)5-4-7(10)9(6)12-3/h6,11H,4-5H2,1-3H3/t6-,8+/m0/s1. The van der Waals surface area contributed by atoms with Gasteiger partial charge in [0.2, 0.25) is 5.91 Å². The number of piperidine rings is 1. The van der Waals surface area contributed by atoms with Crippen LogP contribution in [0.4, 0.5) is 0 Å². The number of hydroxylamine groups is 2. The van der Waals surface area contributed by atoms with Gasteiger partial charge in [-0.15, -0.1) is 0 Å². The largest absolute Gasteiger partial charge is 0.388 e. The van der Waals surface area contributed by atoms with E-state index in [-0.39, 0.29) is 11.9 Å². The van der Waals surface area contributed by atoms with Gasteiger partial charge in [0.15, 0.2) is 0 Å². The zero-order valence-electron chi connectivity index (χ0n) is 7.70. The number of carbonyl (C=O) groups excluding carboxylic acids is 1. The second kappa shape index (κ2) is 3.03. The SMILES string of the molecule is CON1C(=O)CC[C@@](C)(O)[C@@H]1C. The van der Waals surface area contributed by atoms with Gasteiger partial charge in [-0.25, -0.2) is 5.06 Å². The van der Waals surface area contributed by atoms with Crippen LogP contribution in [0.1, 0.15) is 26.7 Å². The van der Waals surface area contributed by atoms with Crippen molar-refractivity contribution in [1.29, 1.82) is 0 Å². The van der Waals surface area contributed by atoms with Crippen molar-refractivity contribution in [1.82, 2.24) is 5.06 Å². The maximum Gasteiger partial charge on any atom is 0.246 e. The van der Waals surface area contributed by atoms with Crippen LogP contribution in [0.5, 0.6) is 0 Å². The molecule has 0 spiro atoms. The molecule has 4 heteroatoms. The van der Waals surface area contributed by atoms with Gasteiger partial charge in [-0.1, -0.05) is 0 Å². The minimum Gasteiger partial charge on any atom is -0.388 e. The molecule has 1 N–H and O–H groups in total. The van der Waals surface area contributed by atoms with Crippen LogP contribution < -0.4 is 0 Å². The lowest BCUT2D eigenvalue weighted by Gasteiger charge is -2.41. The molecule has 1 fully saturated rings. The first-order chi connectivity index (χ1) is 5.49. The molecule has 4 nitrogen and oxygen atoms in total. The molecule has 1 saturated heterocycles. The molecule has 1 rings (SSSR count). The summed E-state index contributed by atoms with van der Waals surface area (Å²) in [5.74, 6) is -0.0588. The fraction of sp³-hybridized carbons (Fsp3) is 0.875. The summed E-state index contributed by atoms with van der Waals surface area (Å²) in [6.07, 6.45) is 0.859. The van der Waals surface area contributed by atoms with Crippen molar-refractivity contribution >= 4 is 5.91 Å². The molecule has 12 heavy (non-hydrogen) atoms. The summed E-state index contributed by atoms with van der Waals surface area (Å²) in [5.41, 5.74) is -0.829. The Bertz CT molecular complexity index is 191. The van der Waals surface area contributed by atoms with Crippen LogP contribution in [0.3, 0.4) is 0 Å². The van der Waals surface area contributed by atoms with Crippen molar-refractivity contribution in [3.05, 3.63) is 0 Å². The van der Waals surface area contributed by atoms with E-state index in [1.807, 2.05) is 0 Å². The third kappa shape index (κ3) is 1.44. The Hall–Kier alpha value is -0.610. The van der Waals surface area contributed by atoms with Gasteiger partial charge in [-0.05, 0) is 20.3 Å². The minimum absolute atomic E-state index is 0.0588. The summed E-state index contributed by atoms with van der Waals surface area (Å²) in [6, 6.07) is -0.274. The van der Waals surface area contributed by atoms with Crippen LogP contribution in [0.15, 0.2) is 0 Å². The second-order valence-corrected chi connectivity index (χ2v) is 3.44. The molecule has 1 amide bonds. The van der Waals surface area contributed by atoms with Crippen LogP contribution in [0.2, 0.25) is 0 Å². The van der Waals surface area contributed by atoms with E-state index in [0.717, 1.165) is 0 Å². The monoisotopic (exact) mass is 173 g/mol. The average molecular weight is 173 g/mol. The lowest BCUT2D eigenvalue weighted by molar-refractivity contribution is -0.220. The molecular formula is C8H15NO3. The van der Waals surface area contributed by atoms with E-state index in [1.54, 1.807) is 13.8 Å². The van der Waals surface area contributed by atoms with Gasteiger partial charge in [0, 0.05) is 6.42 Å². The highest BCUT2D eigenvalue weighted by Gasteiger charge is 2.40. The number of nitrogens with zero attached hydrogens (tertiary/aromatic N) is 1. The summed E-state index contributed by atoms with van der Waals surface area (Å²) in [7, 11) is 1.44. The number of amides is 1. The molecule has 2 atom stereocenters. The van der Waals surface area contributed by atoms with E-state index in [9.17, 15) is 9.90 Å². The lowest BCUT2D eigenvalue weighted by Crippen LogP contribution is -2.55. The highest BCUT2D eigenvalue weighted by molar-refractivity contribution is 5.76. The molecule has 0 radical (unpaired) electrons. The molecule has 0 aliphatic carbocycles. The first-order valence-electron chi connectivity index (χ1n) is 4.07. The molecule has 70 valence electrons. The van der Waals surface area contributed by atoms with Gasteiger partial charge in [-0.3, -0.25) is 9.63 Å². The van der Waals surface area contributed by atoms with E-state index in [0.29, 0.717) is 12.8 Å². The van der Waals surface area contributed by atoms with Crippen molar-refractivity contribution < 1.29 is 14.7 Å². The van der Waals surface area contributed by atoms with Gasteiger partial charge in [-0.2, -0.15) is 0 Å². The fourth-order valence-electron chi connectivity index (χ4n) is 1.41. The number of aliphatic hydroxyl groups is 1. The summed E-state index contributed by atoms with van der Waals surface area (Å²) < 4.78 is 0. The first kappa shape index (κ1) is 9.48. The molecule has 0 unspecified atom stereocenters. The van der Waals surface area contributed by atoms with Crippen molar-refractivity contribution in [2.45, 2.75) is 38.3 Å². The maximum absolute atomic E-state index is 11.2. The van der Waals surface area contributed by atoms with Crippen LogP contribution in [0, 0.1) is 0 Å². The topological polar surface area (TPSA) is 49.8 Å². The quantitative estimate of drug-likeness (QED) is 0.621. The van der Waals surface area contributed by atoms with Gasteiger partial charge in [0.1, 0.15) is 0 Å². The second-order valence-electron chi connectivity index (χ2n) is 3.44. The number of carbonyl (C=O) groups is 1. The van der Waals surface area contributed by atoms with Crippen LogP contribution >= 0.6 is 0 Å². The summed E-state index contributed by atoms with van der Waals surface area (Å²) >= 11 is 0.